The summed E-state index contributed by atoms with van der Waals surface area (Å²) in [4.78, 5) is 0. The van der Waals surface area contributed by atoms with Crippen LogP contribution in [0.25, 0.3) is 0 Å². The van der Waals surface area contributed by atoms with E-state index in [1.54, 1.807) is 6.07 Å². The highest BCUT2D eigenvalue weighted by atomic mass is 79.9. The van der Waals surface area contributed by atoms with Gasteiger partial charge in [-0.15, -0.1) is 0 Å². The third-order valence-corrected chi connectivity index (χ3v) is 4.17. The van der Waals surface area contributed by atoms with Crippen molar-refractivity contribution in [3.8, 4) is 0 Å². The second kappa shape index (κ2) is 7.21. The van der Waals surface area contributed by atoms with Gasteiger partial charge in [0.2, 0.25) is 0 Å². The van der Waals surface area contributed by atoms with Crippen LogP contribution in [0.2, 0.25) is 5.02 Å². The Labute approximate surface area is 132 Å². The fraction of sp³-hybridized carbons (Fsp3) is 0.250. The Bertz CT molecular complexity index is 588. The van der Waals surface area contributed by atoms with E-state index < -0.39 is 0 Å². The zero-order valence-electron chi connectivity index (χ0n) is 11.2. The van der Waals surface area contributed by atoms with Crippen molar-refractivity contribution in [2.24, 2.45) is 0 Å². The van der Waals surface area contributed by atoms with Gasteiger partial charge in [0.15, 0.2) is 0 Å². The number of benzene rings is 2. The van der Waals surface area contributed by atoms with Crippen LogP contribution in [0.1, 0.15) is 11.1 Å². The Hall–Kier alpha value is -0.900. The van der Waals surface area contributed by atoms with Crippen LogP contribution in [-0.4, -0.2) is 13.1 Å². The highest BCUT2D eigenvalue weighted by Crippen LogP contribution is 2.20. The Morgan fingerprint density at radius 3 is 2.55 bits per heavy atom. The molecule has 0 radical (unpaired) electrons. The molecule has 0 aromatic heterocycles. The summed E-state index contributed by atoms with van der Waals surface area (Å²) in [6, 6.07) is 12.9. The van der Waals surface area contributed by atoms with Crippen molar-refractivity contribution in [2.75, 3.05) is 7.05 Å². The van der Waals surface area contributed by atoms with Crippen LogP contribution >= 0.6 is 27.5 Å². The first-order valence-corrected chi connectivity index (χ1v) is 7.62. The first kappa shape index (κ1) is 15.5. The summed E-state index contributed by atoms with van der Waals surface area (Å²) >= 11 is 9.55. The van der Waals surface area contributed by atoms with E-state index in [2.05, 4.69) is 21.2 Å². The quantitative estimate of drug-likeness (QED) is 0.824. The van der Waals surface area contributed by atoms with Gasteiger partial charge >= 0.3 is 0 Å². The average Bonchev–Trinajstić information content (AvgIpc) is 2.44. The molecular formula is C16H16BrClFN. The minimum absolute atomic E-state index is 0.138. The molecule has 0 aliphatic heterocycles. The minimum atomic E-state index is -0.174. The van der Waals surface area contributed by atoms with Gasteiger partial charge in [-0.2, -0.15) is 0 Å². The Morgan fingerprint density at radius 2 is 1.85 bits per heavy atom. The maximum atomic E-state index is 13.8. The predicted octanol–water partition coefficient (Wildman–Crippen LogP) is 4.61. The lowest BCUT2D eigenvalue weighted by Gasteiger charge is -2.17. The van der Waals surface area contributed by atoms with Crippen molar-refractivity contribution < 1.29 is 4.39 Å². The smallest absolute Gasteiger partial charge is 0.126 e. The first-order valence-electron chi connectivity index (χ1n) is 6.44. The predicted molar refractivity (Wildman–Crippen MR) is 85.8 cm³/mol. The maximum Gasteiger partial charge on any atom is 0.126 e. The van der Waals surface area contributed by atoms with Gasteiger partial charge in [0.1, 0.15) is 5.82 Å². The normalized spacial score (nSPS) is 12.4. The first-order chi connectivity index (χ1) is 9.60. The van der Waals surface area contributed by atoms with Gasteiger partial charge in [-0.3, -0.25) is 0 Å². The molecule has 1 atom stereocenters. The molecule has 0 aliphatic rings. The van der Waals surface area contributed by atoms with E-state index in [0.29, 0.717) is 12.0 Å². The molecule has 20 heavy (non-hydrogen) atoms. The summed E-state index contributed by atoms with van der Waals surface area (Å²) < 4.78 is 14.7. The molecule has 0 heterocycles. The van der Waals surface area contributed by atoms with Crippen molar-refractivity contribution in [3.63, 3.8) is 0 Å². The fourth-order valence-corrected chi connectivity index (χ4v) is 2.79. The van der Waals surface area contributed by atoms with Crippen LogP contribution in [0.3, 0.4) is 0 Å². The molecule has 1 unspecified atom stereocenters. The van der Waals surface area contributed by atoms with E-state index in [1.807, 2.05) is 37.4 Å². The van der Waals surface area contributed by atoms with Gasteiger partial charge in [-0.05, 0) is 55.3 Å². The minimum Gasteiger partial charge on any atom is -0.316 e. The molecule has 2 aromatic carbocycles. The average molecular weight is 357 g/mol. The molecule has 0 amide bonds. The van der Waals surface area contributed by atoms with E-state index >= 15 is 0 Å². The van der Waals surface area contributed by atoms with Crippen LogP contribution < -0.4 is 5.32 Å². The molecule has 0 aliphatic carbocycles. The number of nitrogens with one attached hydrogen (secondary N) is 1. The molecule has 106 valence electrons. The van der Waals surface area contributed by atoms with Crippen LogP contribution in [0.4, 0.5) is 4.39 Å². The molecule has 0 saturated carbocycles. The second-order valence-corrected chi connectivity index (χ2v) is 6.04. The van der Waals surface area contributed by atoms with Gasteiger partial charge in [0.05, 0.1) is 0 Å². The Kier molecular flexibility index (Phi) is 5.58. The number of hydrogen-bond donors (Lipinski definition) is 1. The van der Waals surface area contributed by atoms with Crippen molar-refractivity contribution in [3.05, 3.63) is 68.9 Å². The second-order valence-electron chi connectivity index (χ2n) is 4.72. The van der Waals surface area contributed by atoms with Crippen molar-refractivity contribution in [2.45, 2.75) is 18.9 Å². The molecule has 1 N–H and O–H groups in total. The molecule has 2 aromatic rings. The Balaban J connectivity index is 2.13. The van der Waals surface area contributed by atoms with Crippen molar-refractivity contribution in [1.29, 1.82) is 0 Å². The van der Waals surface area contributed by atoms with Crippen LogP contribution in [0, 0.1) is 5.82 Å². The summed E-state index contributed by atoms with van der Waals surface area (Å²) in [5.41, 5.74) is 1.77. The van der Waals surface area contributed by atoms with E-state index in [-0.39, 0.29) is 11.9 Å². The lowest BCUT2D eigenvalue weighted by Crippen LogP contribution is -2.30. The van der Waals surface area contributed by atoms with Gasteiger partial charge in [-0.1, -0.05) is 45.7 Å². The van der Waals surface area contributed by atoms with E-state index in [9.17, 15) is 4.39 Å². The zero-order chi connectivity index (χ0) is 14.5. The van der Waals surface area contributed by atoms with Gasteiger partial charge in [-0.25, -0.2) is 4.39 Å². The molecule has 0 spiro atoms. The largest absolute Gasteiger partial charge is 0.316 e. The van der Waals surface area contributed by atoms with Crippen LogP contribution in [0.5, 0.6) is 0 Å². The molecule has 1 nitrogen and oxygen atoms in total. The summed E-state index contributed by atoms with van der Waals surface area (Å²) in [5, 5.41) is 3.98. The fourth-order valence-electron chi connectivity index (χ4n) is 2.17. The topological polar surface area (TPSA) is 12.0 Å². The third kappa shape index (κ3) is 4.05. The summed E-state index contributed by atoms with van der Waals surface area (Å²) in [6.45, 7) is 0. The SMILES string of the molecule is CNC(Cc1cc(Br)ccc1F)Cc1ccccc1Cl. The zero-order valence-corrected chi connectivity index (χ0v) is 13.5. The van der Waals surface area contributed by atoms with Gasteiger partial charge < -0.3 is 5.32 Å². The number of halogens is 3. The van der Waals surface area contributed by atoms with E-state index in [0.717, 1.165) is 21.5 Å². The molecule has 0 bridgehead atoms. The molecule has 2 rings (SSSR count). The highest BCUT2D eigenvalue weighted by Gasteiger charge is 2.13. The number of likely N-dealkylation sites (N-methyl/N-ethyl adjacent to an activating group) is 1. The molecule has 0 saturated heterocycles. The van der Waals surface area contributed by atoms with Crippen molar-refractivity contribution >= 4 is 27.5 Å². The molecule has 4 heteroatoms. The summed E-state index contributed by atoms with van der Waals surface area (Å²) in [6.07, 6.45) is 1.38. The standard InChI is InChI=1S/C16H16BrClFN/c1-20-14(9-11-4-2-3-5-15(11)18)10-12-8-13(17)6-7-16(12)19/h2-8,14,20H,9-10H2,1H3. The lowest BCUT2D eigenvalue weighted by molar-refractivity contribution is 0.532. The molecule has 0 fully saturated rings. The number of hydrogen-bond acceptors (Lipinski definition) is 1. The Morgan fingerprint density at radius 1 is 1.15 bits per heavy atom. The van der Waals surface area contributed by atoms with E-state index in [1.165, 1.54) is 6.07 Å². The van der Waals surface area contributed by atoms with Crippen molar-refractivity contribution in [1.82, 2.24) is 5.32 Å². The number of rotatable bonds is 5. The lowest BCUT2D eigenvalue weighted by atomic mass is 9.99. The highest BCUT2D eigenvalue weighted by molar-refractivity contribution is 9.10. The third-order valence-electron chi connectivity index (χ3n) is 3.31. The summed E-state index contributed by atoms with van der Waals surface area (Å²) in [5.74, 6) is -0.174. The molecular weight excluding hydrogens is 341 g/mol. The van der Waals surface area contributed by atoms with Crippen LogP contribution in [-0.2, 0) is 12.8 Å². The van der Waals surface area contributed by atoms with Gasteiger partial charge in [0.25, 0.3) is 0 Å². The van der Waals surface area contributed by atoms with E-state index in [4.69, 9.17) is 11.6 Å². The van der Waals surface area contributed by atoms with Gasteiger partial charge in [0, 0.05) is 15.5 Å². The monoisotopic (exact) mass is 355 g/mol. The maximum absolute atomic E-state index is 13.8. The van der Waals surface area contributed by atoms with Crippen LogP contribution in [0.15, 0.2) is 46.9 Å². The summed E-state index contributed by atoms with van der Waals surface area (Å²) in [7, 11) is 1.89.